The molecule has 44 heteroatoms. The Balaban J connectivity index is 1.18. The van der Waals surface area contributed by atoms with Crippen LogP contribution in [0.15, 0.2) is 168 Å². The average molecular weight is 2050 g/mol. The molecule has 0 fully saturated rings. The first-order chi connectivity index (χ1) is 66.8. The molecule has 0 saturated carbocycles. The SMILES string of the molecule is CC(C)(C)OC(=O)C[C@@H](C(=O)OC(C)(C)C)N(CCOCCOCCOCCOCCN([C@@H](CC(=O)OC(C)(C)C)C(=O)OC(C)(C)C)S(=O)(=O)N(Cc1ccc(OC(=O)c2ccc(NC(=NC(=O)OC(C)(C)C)NC(=O)OC(C)(C)C)cc2)cc1)C(=O)OCc1ccccc1)S(=O)(=O)N(Cc1ccc(OC(=O)c2ccc(NC(=NC(=O)OC(C)(C)C)NC(=O)OC(C)(C)C)cc2)cc1)C(=O)OCc1ccccc1. The molecule has 0 spiro atoms. The first-order valence-corrected chi connectivity index (χ1v) is 48.8. The lowest BCUT2D eigenvalue weighted by atomic mass is 10.1. The van der Waals surface area contributed by atoms with Crippen LogP contribution in [0, 0.1) is 0 Å². The Labute approximate surface area is 841 Å². The summed E-state index contributed by atoms with van der Waals surface area (Å²) in [6.07, 6.45) is -8.64. The fraction of sp³-hybridized carbons (Fsp3) is 0.500. The Morgan fingerprint density at radius 2 is 0.597 bits per heavy atom. The van der Waals surface area contributed by atoms with E-state index in [0.717, 1.165) is 0 Å². The summed E-state index contributed by atoms with van der Waals surface area (Å²) in [6, 6.07) is 34.5. The van der Waals surface area contributed by atoms with Gasteiger partial charge in [0.25, 0.3) is 0 Å². The molecule has 4 N–H and O–H groups in total. The molecule has 0 aliphatic rings. The van der Waals surface area contributed by atoms with Gasteiger partial charge in [-0.15, -0.1) is 9.98 Å². The zero-order valence-corrected chi connectivity index (χ0v) is 87.7. The number of ether oxygens (including phenoxy) is 16. The van der Waals surface area contributed by atoms with Crippen molar-refractivity contribution < 1.29 is 150 Å². The number of carbonyl (C=O) groups excluding carboxylic acids is 12. The number of carbonyl (C=O) groups is 12. The van der Waals surface area contributed by atoms with Crippen LogP contribution in [0.2, 0.25) is 0 Å². The number of aliphatic imine (C=N–C) groups is 2. The molecule has 0 aliphatic carbocycles. The topological polar surface area (TPSA) is 507 Å². The van der Waals surface area contributed by atoms with Gasteiger partial charge in [-0.25, -0.2) is 38.4 Å². The van der Waals surface area contributed by atoms with Gasteiger partial charge >= 0.3 is 92.8 Å². The molecule has 42 nitrogen and oxygen atoms in total. The minimum absolute atomic E-state index is 0.0270. The van der Waals surface area contributed by atoms with E-state index in [1.165, 1.54) is 139 Å². The van der Waals surface area contributed by atoms with Gasteiger partial charge in [0.2, 0.25) is 11.9 Å². The van der Waals surface area contributed by atoms with Crippen molar-refractivity contribution in [2.24, 2.45) is 9.98 Å². The number of alkyl carbamates (subject to hydrolysis) is 2. The maximum absolute atomic E-state index is 15.7. The molecule has 0 unspecified atom stereocenters. The maximum Gasteiger partial charge on any atom is 0.437 e. The van der Waals surface area contributed by atoms with E-state index in [2.05, 4.69) is 31.3 Å². The summed E-state index contributed by atoms with van der Waals surface area (Å²) in [5.74, 6) is -6.95. The molecule has 6 rings (SSSR count). The molecule has 0 aromatic heterocycles. The van der Waals surface area contributed by atoms with Crippen LogP contribution in [0.5, 0.6) is 11.5 Å². The van der Waals surface area contributed by atoms with Gasteiger partial charge in [0.15, 0.2) is 0 Å². The molecule has 0 saturated heterocycles. The van der Waals surface area contributed by atoms with E-state index < -0.39 is 215 Å². The van der Waals surface area contributed by atoms with Crippen molar-refractivity contribution in [2.45, 2.75) is 262 Å². The van der Waals surface area contributed by atoms with Crippen LogP contribution in [0.4, 0.5) is 40.1 Å². The third-order valence-corrected chi connectivity index (χ3v) is 21.5. The molecule has 790 valence electrons. The van der Waals surface area contributed by atoms with E-state index >= 15 is 16.8 Å². The van der Waals surface area contributed by atoms with Gasteiger partial charge in [-0.05, 0) is 261 Å². The number of esters is 6. The standard InChI is InChI=1S/C100H136N10O32S2/c1-93(2,3)135-79(111)61-77(83(115)137-95(7,8)9)107(143(123,124)109(91(121)131-65-69-31-27-25-28-32-69)63-67-35-47-75(48-36-67)133-81(113)71-39-43-73(44-40-71)101-85(103-87(117)139-97(13,14)15)104-88(118)140-98(16,17)18)51-53-127-55-57-129-59-60-130-58-56-128-54-52-108(78(84(116)138-96(10,11)12)62-80(112)136-94(4,5)6)144(125,126)110(92(122)132-66-70-33-29-26-30-34-70)64-68-37-49-76(50-38-68)134-82(114)72-41-45-74(46-42-72)102-86(105-89(119)141-99(19,20)21)106-90(120)142-100(22,23)24/h25-50,77-78H,51-66H2,1-24H3,(H2,101,103,104,117,118)(H2,102,105,106,119,120)/t77-,78-/m0/s1. The summed E-state index contributed by atoms with van der Waals surface area (Å²) >= 11 is 0. The lowest BCUT2D eigenvalue weighted by Gasteiger charge is -2.35. The Morgan fingerprint density at radius 3 is 0.875 bits per heavy atom. The molecule has 0 radical (unpaired) electrons. The molecule has 0 bridgehead atoms. The predicted octanol–water partition coefficient (Wildman–Crippen LogP) is 15.6. The summed E-state index contributed by atoms with van der Waals surface area (Å²) in [5.41, 5.74) is -6.78. The number of guanidine groups is 2. The van der Waals surface area contributed by atoms with Gasteiger partial charge in [-0.3, -0.25) is 29.8 Å². The number of hydrogen-bond donors (Lipinski definition) is 4. The highest BCUT2D eigenvalue weighted by Gasteiger charge is 2.47. The van der Waals surface area contributed by atoms with E-state index in [0.29, 0.717) is 28.3 Å². The summed E-state index contributed by atoms with van der Waals surface area (Å²) in [6.45, 7) is 32.3. The van der Waals surface area contributed by atoms with Gasteiger partial charge in [0.1, 0.15) is 81.6 Å². The van der Waals surface area contributed by atoms with Crippen LogP contribution in [-0.4, -0.2) is 241 Å². The molecular weight excluding hydrogens is 1920 g/mol. The summed E-state index contributed by atoms with van der Waals surface area (Å²) in [4.78, 5) is 172. The van der Waals surface area contributed by atoms with Crippen LogP contribution in [0.25, 0.3) is 0 Å². The highest BCUT2D eigenvalue weighted by molar-refractivity contribution is 7.87. The second kappa shape index (κ2) is 53.4. The maximum atomic E-state index is 15.7. The van der Waals surface area contributed by atoms with Gasteiger partial charge in [0.05, 0.1) is 89.9 Å². The lowest BCUT2D eigenvalue weighted by Crippen LogP contribution is -2.55. The van der Waals surface area contributed by atoms with Gasteiger partial charge in [-0.2, -0.15) is 34.1 Å². The molecule has 0 heterocycles. The van der Waals surface area contributed by atoms with E-state index in [1.807, 2.05) is 0 Å². The van der Waals surface area contributed by atoms with Gasteiger partial charge in [0, 0.05) is 24.5 Å². The predicted molar refractivity (Wildman–Crippen MR) is 528 cm³/mol. The second-order valence-electron chi connectivity index (χ2n) is 40.1. The normalized spacial score (nSPS) is 12.9. The van der Waals surface area contributed by atoms with Crippen LogP contribution in [0.3, 0.4) is 0 Å². The highest BCUT2D eigenvalue weighted by Crippen LogP contribution is 2.30. The number of nitrogens with one attached hydrogen (secondary N) is 4. The summed E-state index contributed by atoms with van der Waals surface area (Å²) in [7, 11) is -10.7. The molecule has 2 atom stereocenters. The third-order valence-electron chi connectivity index (χ3n) is 17.7. The van der Waals surface area contributed by atoms with Crippen molar-refractivity contribution in [3.8, 4) is 11.5 Å². The first-order valence-electron chi connectivity index (χ1n) is 46.0. The quantitative estimate of drug-likeness (QED) is 0.00691. The number of hydrogen-bond acceptors (Lipinski definition) is 32. The van der Waals surface area contributed by atoms with Crippen LogP contribution < -0.4 is 30.7 Å². The lowest BCUT2D eigenvalue weighted by molar-refractivity contribution is -0.167. The highest BCUT2D eigenvalue weighted by atomic mass is 32.2. The smallest absolute Gasteiger partial charge is 0.437 e. The summed E-state index contributed by atoms with van der Waals surface area (Å²) < 4.78 is 155. The minimum atomic E-state index is -5.37. The Bertz CT molecular complexity index is 5260. The minimum Gasteiger partial charge on any atom is -0.460 e. The summed E-state index contributed by atoms with van der Waals surface area (Å²) in [5, 5.41) is 10.3. The number of anilines is 2. The van der Waals surface area contributed by atoms with Gasteiger partial charge < -0.3 is 86.4 Å². The van der Waals surface area contributed by atoms with Gasteiger partial charge in [-0.1, -0.05) is 84.9 Å². The molecule has 6 aromatic carbocycles. The number of benzene rings is 6. The monoisotopic (exact) mass is 2050 g/mol. The van der Waals surface area contributed by atoms with Crippen molar-refractivity contribution in [3.63, 3.8) is 0 Å². The Kier molecular flexibility index (Phi) is 44.3. The second-order valence-corrected chi connectivity index (χ2v) is 43.7. The average Bonchev–Trinajstić information content (AvgIpc) is 0.779. The first kappa shape index (κ1) is 119. The van der Waals surface area contributed by atoms with Crippen molar-refractivity contribution in [3.05, 3.63) is 191 Å². The molecular formula is C100H136N10O32S2. The third kappa shape index (κ3) is 46.0. The van der Waals surface area contributed by atoms with Crippen LogP contribution >= 0.6 is 0 Å². The van der Waals surface area contributed by atoms with Crippen LogP contribution in [-0.2, 0) is 132 Å². The number of amides is 6. The fourth-order valence-corrected chi connectivity index (χ4v) is 15.2. The largest absolute Gasteiger partial charge is 0.460 e. The Hall–Kier alpha value is -13.2. The van der Waals surface area contributed by atoms with Crippen molar-refractivity contribution in [1.29, 1.82) is 0 Å². The van der Waals surface area contributed by atoms with E-state index in [1.54, 1.807) is 185 Å². The zero-order chi connectivity index (χ0) is 108. The van der Waals surface area contributed by atoms with Crippen LogP contribution in [0.1, 0.15) is 222 Å². The van der Waals surface area contributed by atoms with E-state index in [4.69, 9.17) is 75.8 Å². The van der Waals surface area contributed by atoms with E-state index in [-0.39, 0.29) is 96.7 Å². The Morgan fingerprint density at radius 1 is 0.319 bits per heavy atom. The van der Waals surface area contributed by atoms with Crippen molar-refractivity contribution in [1.82, 2.24) is 27.9 Å². The fourth-order valence-electron chi connectivity index (χ4n) is 12.0. The molecule has 144 heavy (non-hydrogen) atoms. The van der Waals surface area contributed by atoms with Crippen molar-refractivity contribution in [2.75, 3.05) is 76.6 Å². The number of rotatable bonds is 41. The van der Waals surface area contributed by atoms with E-state index in [9.17, 15) is 57.5 Å². The zero-order valence-electron chi connectivity index (χ0n) is 86.0. The van der Waals surface area contributed by atoms with Crippen molar-refractivity contribution >= 4 is 116 Å². The molecule has 6 aromatic rings. The number of nitrogens with zero attached hydrogens (tertiary/aromatic N) is 6. The molecule has 0 aliphatic heterocycles. The molecule has 6 amide bonds.